The summed E-state index contributed by atoms with van der Waals surface area (Å²) in [5.74, 6) is 0.281. The largest absolute Gasteiger partial charge is 0.478 e. The van der Waals surface area contributed by atoms with Crippen LogP contribution in [0.5, 0.6) is 0 Å². The van der Waals surface area contributed by atoms with Crippen molar-refractivity contribution in [1.29, 1.82) is 0 Å². The molecular weight excluding hydrogens is 172 g/mol. The second kappa shape index (κ2) is 7.42. The zero-order valence-corrected chi connectivity index (χ0v) is 8.05. The Balaban J connectivity index is 3.25. The van der Waals surface area contributed by atoms with E-state index in [1.807, 2.05) is 6.92 Å². The van der Waals surface area contributed by atoms with E-state index in [-0.39, 0.29) is 12.5 Å². The lowest BCUT2D eigenvalue weighted by molar-refractivity contribution is -0.122. The lowest BCUT2D eigenvalue weighted by Gasteiger charge is -2.08. The Kier molecular flexibility index (Phi) is 6.72. The summed E-state index contributed by atoms with van der Waals surface area (Å²) < 4.78 is 4.94. The average molecular weight is 188 g/mol. The first-order chi connectivity index (χ1) is 6.20. The molecule has 0 rings (SSSR count). The highest BCUT2D eigenvalue weighted by Gasteiger charge is 1.97. The Hall–Kier alpha value is -1.23. The van der Waals surface area contributed by atoms with Crippen molar-refractivity contribution in [3.63, 3.8) is 0 Å². The highest BCUT2D eigenvalue weighted by Crippen LogP contribution is 1.87. The molecule has 1 amide bonds. The Morgan fingerprint density at radius 1 is 1.54 bits per heavy atom. The minimum atomic E-state index is -0.0659. The van der Waals surface area contributed by atoms with Gasteiger partial charge < -0.3 is 10.1 Å². The van der Waals surface area contributed by atoms with Gasteiger partial charge in [-0.3, -0.25) is 9.63 Å². The van der Waals surface area contributed by atoms with Crippen LogP contribution in [-0.2, 0) is 14.4 Å². The van der Waals surface area contributed by atoms with Gasteiger partial charge in [0, 0.05) is 7.05 Å². The quantitative estimate of drug-likeness (QED) is 0.339. The number of nitrogens with one attached hydrogen (secondary N) is 2. The summed E-state index contributed by atoms with van der Waals surface area (Å²) in [6, 6.07) is 0. The van der Waals surface area contributed by atoms with Gasteiger partial charge in [-0.25, -0.2) is 5.48 Å². The zero-order valence-electron chi connectivity index (χ0n) is 8.05. The van der Waals surface area contributed by atoms with Gasteiger partial charge in [-0.1, -0.05) is 0 Å². The monoisotopic (exact) mass is 188 g/mol. The molecule has 5 nitrogen and oxygen atoms in total. The molecule has 0 atom stereocenters. The fourth-order valence-electron chi connectivity index (χ4n) is 0.604. The normalized spacial score (nSPS) is 9.08. The number of carbonyl (C=O) groups is 1. The number of amides is 1. The molecule has 76 valence electrons. The first kappa shape index (κ1) is 11.8. The van der Waals surface area contributed by atoms with Crippen LogP contribution in [0.4, 0.5) is 0 Å². The van der Waals surface area contributed by atoms with Crippen LogP contribution in [0.3, 0.4) is 0 Å². The maximum atomic E-state index is 10.7. The summed E-state index contributed by atoms with van der Waals surface area (Å²) in [5.41, 5.74) is 2.47. The maximum Gasteiger partial charge on any atom is 0.222 e. The van der Waals surface area contributed by atoms with Gasteiger partial charge in [0.2, 0.25) is 11.8 Å². The van der Waals surface area contributed by atoms with Gasteiger partial charge in [0.1, 0.15) is 0 Å². The smallest absolute Gasteiger partial charge is 0.222 e. The van der Waals surface area contributed by atoms with Crippen LogP contribution in [0.2, 0.25) is 0 Å². The Labute approximate surface area is 78.0 Å². The van der Waals surface area contributed by atoms with Gasteiger partial charge in [-0.15, -0.1) is 0 Å². The van der Waals surface area contributed by atoms with Crippen molar-refractivity contribution in [3.05, 3.63) is 12.5 Å². The van der Waals surface area contributed by atoms with Gasteiger partial charge in [0.15, 0.2) is 0 Å². The molecule has 0 bridgehead atoms. The molecule has 0 aliphatic carbocycles. The molecule has 0 saturated carbocycles. The summed E-state index contributed by atoms with van der Waals surface area (Å²) in [7, 11) is 1.58. The molecule has 0 aliphatic heterocycles. The molecule has 0 aromatic heterocycles. The second-order valence-electron chi connectivity index (χ2n) is 2.23. The van der Waals surface area contributed by atoms with E-state index in [4.69, 9.17) is 9.57 Å². The lowest BCUT2D eigenvalue weighted by atomic mass is 10.4. The van der Waals surface area contributed by atoms with Gasteiger partial charge in [0.25, 0.3) is 0 Å². The average Bonchev–Trinajstić information content (AvgIpc) is 2.12. The number of carbonyl (C=O) groups excluding carboxylic acids is 1. The molecule has 0 aliphatic rings. The van der Waals surface area contributed by atoms with Crippen molar-refractivity contribution in [3.8, 4) is 0 Å². The molecular formula is C8H16N2O3. The lowest BCUT2D eigenvalue weighted by Crippen LogP contribution is -2.22. The molecule has 0 heterocycles. The van der Waals surface area contributed by atoms with Crippen LogP contribution in [0.25, 0.3) is 0 Å². The van der Waals surface area contributed by atoms with Gasteiger partial charge >= 0.3 is 0 Å². The number of hydrogen-bond acceptors (Lipinski definition) is 4. The van der Waals surface area contributed by atoms with Crippen molar-refractivity contribution in [2.45, 2.75) is 13.3 Å². The van der Waals surface area contributed by atoms with Gasteiger partial charge in [-0.2, -0.15) is 0 Å². The van der Waals surface area contributed by atoms with Crippen LogP contribution in [0.1, 0.15) is 13.3 Å². The van der Waals surface area contributed by atoms with E-state index in [0.717, 1.165) is 0 Å². The molecule has 0 spiro atoms. The Morgan fingerprint density at radius 3 is 2.77 bits per heavy atom. The predicted molar refractivity (Wildman–Crippen MR) is 48.5 cm³/mol. The van der Waals surface area contributed by atoms with E-state index < -0.39 is 0 Å². The SMILES string of the molecule is C=C(NOCCC(=O)NC)OCC. The van der Waals surface area contributed by atoms with Crippen molar-refractivity contribution in [2.75, 3.05) is 20.3 Å². The molecule has 0 fully saturated rings. The minimum Gasteiger partial charge on any atom is -0.478 e. The van der Waals surface area contributed by atoms with Crippen LogP contribution in [-0.4, -0.2) is 26.2 Å². The van der Waals surface area contributed by atoms with E-state index in [2.05, 4.69) is 17.4 Å². The molecule has 0 saturated heterocycles. The molecule has 0 aromatic rings. The predicted octanol–water partition coefficient (Wildman–Crippen LogP) is 0.151. The van der Waals surface area contributed by atoms with E-state index in [9.17, 15) is 4.79 Å². The molecule has 13 heavy (non-hydrogen) atoms. The third-order valence-corrected chi connectivity index (χ3v) is 1.21. The van der Waals surface area contributed by atoms with E-state index >= 15 is 0 Å². The number of hydroxylamine groups is 1. The van der Waals surface area contributed by atoms with Crippen LogP contribution >= 0.6 is 0 Å². The van der Waals surface area contributed by atoms with Crippen molar-refractivity contribution < 1.29 is 14.4 Å². The molecule has 0 aromatic carbocycles. The van der Waals surface area contributed by atoms with Gasteiger partial charge in [-0.05, 0) is 13.5 Å². The highest BCUT2D eigenvalue weighted by atomic mass is 16.7. The van der Waals surface area contributed by atoms with Crippen molar-refractivity contribution in [1.82, 2.24) is 10.8 Å². The third-order valence-electron chi connectivity index (χ3n) is 1.21. The topological polar surface area (TPSA) is 59.6 Å². The van der Waals surface area contributed by atoms with E-state index in [1.54, 1.807) is 7.05 Å². The molecule has 2 N–H and O–H groups in total. The fourth-order valence-corrected chi connectivity index (χ4v) is 0.604. The molecule has 5 heteroatoms. The van der Waals surface area contributed by atoms with Crippen molar-refractivity contribution >= 4 is 5.91 Å². The third kappa shape index (κ3) is 7.14. The Bertz CT molecular complexity index is 171. The van der Waals surface area contributed by atoms with Crippen molar-refractivity contribution in [2.24, 2.45) is 0 Å². The van der Waals surface area contributed by atoms with E-state index in [1.165, 1.54) is 0 Å². The summed E-state index contributed by atoms with van der Waals surface area (Å²) >= 11 is 0. The highest BCUT2D eigenvalue weighted by molar-refractivity contribution is 5.75. The van der Waals surface area contributed by atoms with Crippen LogP contribution in [0.15, 0.2) is 12.5 Å². The van der Waals surface area contributed by atoms with Crippen LogP contribution in [0, 0.1) is 0 Å². The van der Waals surface area contributed by atoms with Crippen LogP contribution < -0.4 is 10.8 Å². The number of ether oxygens (including phenoxy) is 1. The Morgan fingerprint density at radius 2 is 2.23 bits per heavy atom. The summed E-state index contributed by atoms with van der Waals surface area (Å²) in [6.07, 6.45) is 0.308. The first-order valence-corrected chi connectivity index (χ1v) is 4.10. The minimum absolute atomic E-state index is 0.0659. The summed E-state index contributed by atoms with van der Waals surface area (Å²) in [4.78, 5) is 15.6. The molecule has 0 radical (unpaired) electrons. The second-order valence-corrected chi connectivity index (χ2v) is 2.23. The first-order valence-electron chi connectivity index (χ1n) is 4.10. The maximum absolute atomic E-state index is 10.7. The van der Waals surface area contributed by atoms with E-state index in [0.29, 0.717) is 18.9 Å². The zero-order chi connectivity index (χ0) is 10.1. The standard InChI is InChI=1S/C8H16N2O3/c1-4-12-7(2)10-13-6-5-8(11)9-3/h10H,2,4-6H2,1,3H3,(H,9,11). The molecule has 0 unspecified atom stereocenters. The summed E-state index contributed by atoms with van der Waals surface area (Å²) in [5, 5.41) is 2.48. The fraction of sp³-hybridized carbons (Fsp3) is 0.625. The summed E-state index contributed by atoms with van der Waals surface area (Å²) in [6.45, 7) is 6.18. The van der Waals surface area contributed by atoms with Gasteiger partial charge in [0.05, 0.1) is 19.6 Å². The number of hydrogen-bond donors (Lipinski definition) is 2. The number of rotatable bonds is 7.